The fraction of sp³-hybridized carbons (Fsp3) is 0.455. The van der Waals surface area contributed by atoms with Crippen molar-refractivity contribution in [3.8, 4) is 0 Å². The molecule has 2 heterocycles. The summed E-state index contributed by atoms with van der Waals surface area (Å²) in [5, 5.41) is 3.32. The summed E-state index contributed by atoms with van der Waals surface area (Å²) in [6.07, 6.45) is 14.5. The number of ketones is 1. The van der Waals surface area contributed by atoms with Gasteiger partial charge in [0.25, 0.3) is 0 Å². The van der Waals surface area contributed by atoms with Crippen LogP contribution < -0.4 is 5.32 Å². The molecule has 0 bridgehead atoms. The van der Waals surface area contributed by atoms with Crippen LogP contribution in [0.3, 0.4) is 0 Å². The van der Waals surface area contributed by atoms with Crippen molar-refractivity contribution in [2.75, 3.05) is 13.1 Å². The van der Waals surface area contributed by atoms with Gasteiger partial charge in [-0.1, -0.05) is 26.0 Å². The smallest absolute Gasteiger partial charge is 0.141 e. The molecule has 1 aromatic rings. The second kappa shape index (κ2) is 7.20. The summed E-state index contributed by atoms with van der Waals surface area (Å²) in [7, 11) is 0. The van der Waals surface area contributed by atoms with Gasteiger partial charge < -0.3 is 9.88 Å². The third-order valence-corrected chi connectivity index (χ3v) is 5.66. The summed E-state index contributed by atoms with van der Waals surface area (Å²) in [6.45, 7) is 6.00. The molecule has 1 aliphatic heterocycles. The summed E-state index contributed by atoms with van der Waals surface area (Å²) >= 11 is 0. The zero-order valence-corrected chi connectivity index (χ0v) is 15.7. The van der Waals surface area contributed by atoms with Crippen LogP contribution in [-0.2, 0) is 11.2 Å². The number of aliphatic imine (C=N–C) groups is 1. The zero-order chi connectivity index (χ0) is 18.1. The Kier molecular flexibility index (Phi) is 4.77. The summed E-state index contributed by atoms with van der Waals surface area (Å²) in [6, 6.07) is 2.22. The van der Waals surface area contributed by atoms with E-state index in [9.17, 15) is 4.79 Å². The van der Waals surface area contributed by atoms with Gasteiger partial charge in [-0.2, -0.15) is 0 Å². The summed E-state index contributed by atoms with van der Waals surface area (Å²) < 4.78 is 2.26. The number of rotatable bonds is 6. The number of hydrogen-bond acceptors (Lipinski definition) is 3. The van der Waals surface area contributed by atoms with Crippen molar-refractivity contribution in [1.29, 1.82) is 0 Å². The summed E-state index contributed by atoms with van der Waals surface area (Å²) in [5.41, 5.74) is 6.02. The van der Waals surface area contributed by atoms with E-state index in [2.05, 4.69) is 54.2 Å². The van der Waals surface area contributed by atoms with E-state index >= 15 is 0 Å². The summed E-state index contributed by atoms with van der Waals surface area (Å²) in [4.78, 5) is 17.6. The molecule has 2 unspecified atom stereocenters. The first-order valence-electron chi connectivity index (χ1n) is 9.81. The minimum atomic E-state index is -0.0801. The van der Waals surface area contributed by atoms with Crippen LogP contribution in [0.5, 0.6) is 0 Å². The number of carbonyl (C=O) groups is 1. The average molecular weight is 349 g/mol. The van der Waals surface area contributed by atoms with Crippen molar-refractivity contribution >= 4 is 23.3 Å². The molecule has 136 valence electrons. The summed E-state index contributed by atoms with van der Waals surface area (Å²) in [5.74, 6) is 0.323. The van der Waals surface area contributed by atoms with Crippen LogP contribution in [0.2, 0.25) is 0 Å². The van der Waals surface area contributed by atoms with Gasteiger partial charge >= 0.3 is 0 Å². The maximum absolute atomic E-state index is 12.7. The maximum Gasteiger partial charge on any atom is 0.141 e. The average Bonchev–Trinajstić information content (AvgIpc) is 3.00. The molecule has 2 atom stereocenters. The molecule has 4 nitrogen and oxygen atoms in total. The number of carbonyl (C=O) groups excluding carboxylic acids is 1. The van der Waals surface area contributed by atoms with Crippen molar-refractivity contribution in [2.24, 2.45) is 16.8 Å². The van der Waals surface area contributed by atoms with E-state index in [1.165, 1.54) is 16.8 Å². The lowest BCUT2D eigenvalue weighted by atomic mass is 9.82. The first-order chi connectivity index (χ1) is 12.7. The number of aryl methyl sites for hydroxylation is 1. The van der Waals surface area contributed by atoms with Gasteiger partial charge in [0, 0.05) is 42.8 Å². The topological polar surface area (TPSA) is 46.4 Å². The lowest BCUT2D eigenvalue weighted by Gasteiger charge is -2.26. The molecule has 4 heteroatoms. The van der Waals surface area contributed by atoms with E-state index in [0.717, 1.165) is 43.7 Å². The van der Waals surface area contributed by atoms with E-state index in [1.54, 1.807) is 0 Å². The minimum absolute atomic E-state index is 0.0801. The largest absolute Gasteiger partial charge is 0.316 e. The van der Waals surface area contributed by atoms with Gasteiger partial charge in [-0.05, 0) is 43.5 Å². The Morgan fingerprint density at radius 1 is 1.38 bits per heavy atom. The number of aromatic nitrogens is 1. The van der Waals surface area contributed by atoms with Gasteiger partial charge in [0.2, 0.25) is 0 Å². The van der Waals surface area contributed by atoms with E-state index in [-0.39, 0.29) is 11.8 Å². The number of nitrogens with zero attached hydrogens (tertiary/aromatic N) is 2. The highest BCUT2D eigenvalue weighted by molar-refractivity contribution is 6.12. The molecule has 1 N–H and O–H groups in total. The molecule has 0 fully saturated rings. The highest BCUT2D eigenvalue weighted by Gasteiger charge is 2.32. The fourth-order valence-corrected chi connectivity index (χ4v) is 4.24. The van der Waals surface area contributed by atoms with Gasteiger partial charge in [0.1, 0.15) is 5.78 Å². The van der Waals surface area contributed by atoms with Crippen molar-refractivity contribution in [3.63, 3.8) is 0 Å². The van der Waals surface area contributed by atoms with Crippen LogP contribution >= 0.6 is 0 Å². The lowest BCUT2D eigenvalue weighted by molar-refractivity contribution is -0.122. The Balaban J connectivity index is 1.60. The standard InChI is InChI=1S/C22H27N3O/c1-3-11-23-12-9-20(26)18-7-8-19-21(15(18)2)24-14-17-6-4-5-16-10-13-25(19)22(16)17/h6-8,10,13-15,18,23H,3-5,9,11-12H2,1-2H3. The third kappa shape index (κ3) is 2.92. The molecule has 0 radical (unpaired) electrons. The van der Waals surface area contributed by atoms with Crippen LogP contribution in [0, 0.1) is 11.8 Å². The van der Waals surface area contributed by atoms with E-state index in [1.807, 2.05) is 6.21 Å². The van der Waals surface area contributed by atoms with Crippen LogP contribution in [0.15, 0.2) is 41.2 Å². The number of allylic oxidation sites excluding steroid dienone is 6. The molecular weight excluding hydrogens is 322 g/mol. The maximum atomic E-state index is 12.7. The van der Waals surface area contributed by atoms with E-state index < -0.39 is 0 Å². The highest BCUT2D eigenvalue weighted by atomic mass is 16.1. The molecule has 0 saturated carbocycles. The molecule has 1 aromatic heterocycles. The zero-order valence-electron chi connectivity index (χ0n) is 15.7. The monoisotopic (exact) mass is 349 g/mol. The molecule has 4 rings (SSSR count). The van der Waals surface area contributed by atoms with Gasteiger partial charge in [-0.15, -0.1) is 0 Å². The van der Waals surface area contributed by atoms with E-state index in [0.29, 0.717) is 12.2 Å². The molecule has 26 heavy (non-hydrogen) atoms. The quantitative estimate of drug-likeness (QED) is 0.793. The second-order valence-electron chi connectivity index (χ2n) is 7.43. The van der Waals surface area contributed by atoms with Crippen LogP contribution in [0.25, 0.3) is 11.3 Å². The van der Waals surface area contributed by atoms with Crippen LogP contribution in [-0.4, -0.2) is 29.7 Å². The van der Waals surface area contributed by atoms with Gasteiger partial charge in [-0.25, -0.2) is 0 Å². The Labute approximate surface area is 155 Å². The Bertz CT molecular complexity index is 838. The first kappa shape index (κ1) is 17.2. The fourth-order valence-electron chi connectivity index (χ4n) is 4.24. The molecule has 0 amide bonds. The number of fused-ring (bicyclic) bond motifs is 1. The Morgan fingerprint density at radius 3 is 3.12 bits per heavy atom. The molecular formula is C22H27N3O. The predicted molar refractivity (Wildman–Crippen MR) is 107 cm³/mol. The SMILES string of the molecule is CCCNCCC(=O)C1C=CC2=C(N=CC3=CCCc4ccn2c43)C1C. The van der Waals surface area contributed by atoms with Gasteiger partial charge in [0.05, 0.1) is 17.1 Å². The number of hydrogen-bond donors (Lipinski definition) is 1. The minimum Gasteiger partial charge on any atom is -0.316 e. The van der Waals surface area contributed by atoms with Crippen molar-refractivity contribution in [2.45, 2.75) is 39.5 Å². The highest BCUT2D eigenvalue weighted by Crippen LogP contribution is 2.39. The Hall–Kier alpha value is -2.20. The molecule has 3 aliphatic rings. The predicted octanol–water partition coefficient (Wildman–Crippen LogP) is 3.85. The second-order valence-corrected chi connectivity index (χ2v) is 7.43. The van der Waals surface area contributed by atoms with Gasteiger partial charge in [-0.3, -0.25) is 9.79 Å². The third-order valence-electron chi connectivity index (χ3n) is 5.66. The number of Topliss-reactive ketones (excluding diaryl/α,β-unsaturated/α-hetero) is 1. The Morgan fingerprint density at radius 2 is 2.27 bits per heavy atom. The molecule has 0 aromatic carbocycles. The van der Waals surface area contributed by atoms with Crippen molar-refractivity contribution in [1.82, 2.24) is 9.88 Å². The van der Waals surface area contributed by atoms with Crippen LogP contribution in [0.1, 0.15) is 44.4 Å². The normalized spacial score (nSPS) is 23.4. The molecule has 0 saturated heterocycles. The molecule has 0 spiro atoms. The van der Waals surface area contributed by atoms with Gasteiger partial charge in [0.15, 0.2) is 0 Å². The van der Waals surface area contributed by atoms with E-state index in [4.69, 9.17) is 4.99 Å². The lowest BCUT2D eigenvalue weighted by Crippen LogP contribution is -2.28. The van der Waals surface area contributed by atoms with Crippen molar-refractivity contribution < 1.29 is 4.79 Å². The first-order valence-corrected chi connectivity index (χ1v) is 9.81. The van der Waals surface area contributed by atoms with Crippen LogP contribution in [0.4, 0.5) is 0 Å². The molecule has 2 aliphatic carbocycles. The van der Waals surface area contributed by atoms with Crippen molar-refractivity contribution in [3.05, 3.63) is 47.4 Å². The number of nitrogens with one attached hydrogen (secondary N) is 1.